The molecule has 0 bridgehead atoms. The molecule has 2 amide bonds. The number of phenols is 1. The lowest BCUT2D eigenvalue weighted by Gasteiger charge is -2.08. The average Bonchev–Trinajstić information content (AvgIpc) is 2.57. The molecule has 25 heavy (non-hydrogen) atoms. The van der Waals surface area contributed by atoms with Crippen LogP contribution in [0.2, 0.25) is 0 Å². The van der Waals surface area contributed by atoms with E-state index >= 15 is 0 Å². The average molecular weight is 339 g/mol. The zero-order valence-electron chi connectivity index (χ0n) is 14.2. The summed E-state index contributed by atoms with van der Waals surface area (Å²) < 4.78 is 0. The van der Waals surface area contributed by atoms with Gasteiger partial charge in [0, 0.05) is 18.5 Å². The Kier molecular flexibility index (Phi) is 6.28. The highest BCUT2D eigenvalue weighted by atomic mass is 16.3. The van der Waals surface area contributed by atoms with E-state index in [9.17, 15) is 14.7 Å². The predicted octanol–water partition coefficient (Wildman–Crippen LogP) is 2.88. The molecule has 0 heterocycles. The van der Waals surface area contributed by atoms with Crippen molar-refractivity contribution in [1.82, 2.24) is 5.43 Å². The van der Waals surface area contributed by atoms with Gasteiger partial charge in [-0.3, -0.25) is 9.59 Å². The number of phenolic OH excluding ortho intramolecular Hbond substituents is 1. The van der Waals surface area contributed by atoms with E-state index in [2.05, 4.69) is 15.8 Å². The molecule has 0 aliphatic rings. The number of nitrogens with zero attached hydrogens (tertiary/aromatic N) is 1. The molecule has 0 saturated carbocycles. The molecule has 0 aliphatic heterocycles. The summed E-state index contributed by atoms with van der Waals surface area (Å²) in [7, 11) is 0. The SMILES string of the molecule is Cc1ccc(NC(=O)CCC(=O)N/N=C/c2ccc(O)cc2)c(C)c1. The van der Waals surface area contributed by atoms with Crippen molar-refractivity contribution in [2.45, 2.75) is 26.7 Å². The molecule has 2 aromatic carbocycles. The minimum absolute atomic E-state index is 0.0453. The lowest BCUT2D eigenvalue weighted by atomic mass is 10.1. The first-order valence-electron chi connectivity index (χ1n) is 7.92. The van der Waals surface area contributed by atoms with Gasteiger partial charge >= 0.3 is 0 Å². The highest BCUT2D eigenvalue weighted by molar-refractivity contribution is 5.94. The number of aryl methyl sites for hydroxylation is 2. The summed E-state index contributed by atoms with van der Waals surface area (Å²) in [6, 6.07) is 12.2. The molecule has 6 heteroatoms. The molecule has 0 atom stereocenters. The number of carbonyl (C=O) groups is 2. The highest BCUT2D eigenvalue weighted by Gasteiger charge is 2.08. The first kappa shape index (κ1) is 18.2. The van der Waals surface area contributed by atoms with E-state index in [1.165, 1.54) is 18.3 Å². The molecule has 0 saturated heterocycles. The van der Waals surface area contributed by atoms with Crippen LogP contribution in [0.15, 0.2) is 47.6 Å². The quantitative estimate of drug-likeness (QED) is 0.558. The highest BCUT2D eigenvalue weighted by Crippen LogP contribution is 2.16. The third-order valence-electron chi connectivity index (χ3n) is 3.53. The van der Waals surface area contributed by atoms with Crippen LogP contribution in [-0.2, 0) is 9.59 Å². The number of anilines is 1. The summed E-state index contributed by atoms with van der Waals surface area (Å²) in [4.78, 5) is 23.6. The van der Waals surface area contributed by atoms with E-state index in [0.29, 0.717) is 0 Å². The molecule has 130 valence electrons. The molecular weight excluding hydrogens is 318 g/mol. The number of rotatable bonds is 6. The van der Waals surface area contributed by atoms with Crippen LogP contribution < -0.4 is 10.7 Å². The lowest BCUT2D eigenvalue weighted by Crippen LogP contribution is -2.20. The van der Waals surface area contributed by atoms with Crippen LogP contribution in [0.5, 0.6) is 5.75 Å². The minimum Gasteiger partial charge on any atom is -0.508 e. The molecular formula is C19H21N3O3. The van der Waals surface area contributed by atoms with Gasteiger partial charge in [-0.1, -0.05) is 17.7 Å². The minimum atomic E-state index is -0.342. The van der Waals surface area contributed by atoms with Crippen LogP contribution in [0, 0.1) is 13.8 Å². The number of nitrogens with one attached hydrogen (secondary N) is 2. The maximum Gasteiger partial charge on any atom is 0.240 e. The van der Waals surface area contributed by atoms with E-state index in [-0.39, 0.29) is 30.4 Å². The van der Waals surface area contributed by atoms with Crippen molar-refractivity contribution in [3.05, 3.63) is 59.2 Å². The van der Waals surface area contributed by atoms with Crippen LogP contribution in [0.25, 0.3) is 0 Å². The van der Waals surface area contributed by atoms with Crippen molar-refractivity contribution in [3.8, 4) is 5.75 Å². The second-order valence-corrected chi connectivity index (χ2v) is 5.75. The second kappa shape index (κ2) is 8.63. The van der Waals surface area contributed by atoms with E-state index in [1.807, 2.05) is 32.0 Å². The van der Waals surface area contributed by atoms with Crippen LogP contribution in [0.1, 0.15) is 29.5 Å². The number of hydrogen-bond acceptors (Lipinski definition) is 4. The third kappa shape index (κ3) is 6.10. The standard InChI is InChI=1S/C19H21N3O3/c1-13-3-8-17(14(2)11-13)21-18(24)9-10-19(25)22-20-12-15-4-6-16(23)7-5-15/h3-8,11-12,23H,9-10H2,1-2H3,(H,21,24)(H,22,25)/b20-12+. The Morgan fingerprint density at radius 1 is 1.04 bits per heavy atom. The molecule has 3 N–H and O–H groups in total. The fourth-order valence-corrected chi connectivity index (χ4v) is 2.19. The molecule has 0 aliphatic carbocycles. The monoisotopic (exact) mass is 339 g/mol. The van der Waals surface area contributed by atoms with Gasteiger partial charge in [0.05, 0.1) is 6.21 Å². The summed E-state index contributed by atoms with van der Waals surface area (Å²) in [6.07, 6.45) is 1.59. The van der Waals surface area contributed by atoms with Gasteiger partial charge in [0.25, 0.3) is 0 Å². The van der Waals surface area contributed by atoms with Gasteiger partial charge in [0.15, 0.2) is 0 Å². The second-order valence-electron chi connectivity index (χ2n) is 5.75. The van der Waals surface area contributed by atoms with Gasteiger partial charge < -0.3 is 10.4 Å². The van der Waals surface area contributed by atoms with Gasteiger partial charge in [-0.25, -0.2) is 5.43 Å². The van der Waals surface area contributed by atoms with Crippen molar-refractivity contribution in [2.75, 3.05) is 5.32 Å². The van der Waals surface area contributed by atoms with Gasteiger partial charge in [-0.05, 0) is 55.3 Å². The van der Waals surface area contributed by atoms with Crippen LogP contribution in [0.4, 0.5) is 5.69 Å². The molecule has 0 radical (unpaired) electrons. The topological polar surface area (TPSA) is 90.8 Å². The number of carbonyl (C=O) groups excluding carboxylic acids is 2. The lowest BCUT2D eigenvalue weighted by molar-refractivity contribution is -0.124. The van der Waals surface area contributed by atoms with Crippen molar-refractivity contribution < 1.29 is 14.7 Å². The first-order chi connectivity index (χ1) is 11.9. The van der Waals surface area contributed by atoms with E-state index in [0.717, 1.165) is 22.4 Å². The number of benzene rings is 2. The summed E-state index contributed by atoms with van der Waals surface area (Å²) in [6.45, 7) is 3.91. The summed E-state index contributed by atoms with van der Waals surface area (Å²) in [5, 5.41) is 15.8. The number of amides is 2. The smallest absolute Gasteiger partial charge is 0.240 e. The van der Waals surface area contributed by atoms with E-state index < -0.39 is 0 Å². The Hall–Kier alpha value is -3.15. The fourth-order valence-electron chi connectivity index (χ4n) is 2.19. The molecule has 0 fully saturated rings. The summed E-state index contributed by atoms with van der Waals surface area (Å²) >= 11 is 0. The number of aromatic hydroxyl groups is 1. The van der Waals surface area contributed by atoms with E-state index in [1.54, 1.807) is 12.1 Å². The zero-order chi connectivity index (χ0) is 18.2. The van der Waals surface area contributed by atoms with Crippen LogP contribution in [0.3, 0.4) is 0 Å². The Bertz CT molecular complexity index is 783. The van der Waals surface area contributed by atoms with Crippen molar-refractivity contribution in [2.24, 2.45) is 5.10 Å². The molecule has 0 spiro atoms. The molecule has 0 unspecified atom stereocenters. The predicted molar refractivity (Wildman–Crippen MR) is 97.6 cm³/mol. The Morgan fingerprint density at radius 3 is 2.40 bits per heavy atom. The molecule has 0 aromatic heterocycles. The Balaban J connectivity index is 1.75. The largest absolute Gasteiger partial charge is 0.508 e. The molecule has 2 rings (SSSR count). The summed E-state index contributed by atoms with van der Waals surface area (Å²) in [5.74, 6) is -0.397. The molecule has 6 nitrogen and oxygen atoms in total. The molecule has 2 aromatic rings. The van der Waals surface area contributed by atoms with Crippen molar-refractivity contribution in [3.63, 3.8) is 0 Å². The maximum atomic E-state index is 11.9. The van der Waals surface area contributed by atoms with Crippen molar-refractivity contribution in [1.29, 1.82) is 0 Å². The fraction of sp³-hybridized carbons (Fsp3) is 0.211. The third-order valence-corrected chi connectivity index (χ3v) is 3.53. The van der Waals surface area contributed by atoms with Crippen molar-refractivity contribution >= 4 is 23.7 Å². The van der Waals surface area contributed by atoms with Gasteiger partial charge in [0.1, 0.15) is 5.75 Å². The van der Waals surface area contributed by atoms with Crippen LogP contribution >= 0.6 is 0 Å². The first-order valence-corrected chi connectivity index (χ1v) is 7.92. The van der Waals surface area contributed by atoms with Gasteiger partial charge in [-0.2, -0.15) is 5.10 Å². The number of hydrogen-bond donors (Lipinski definition) is 3. The van der Waals surface area contributed by atoms with E-state index in [4.69, 9.17) is 0 Å². The zero-order valence-corrected chi connectivity index (χ0v) is 14.2. The Morgan fingerprint density at radius 2 is 1.72 bits per heavy atom. The van der Waals surface area contributed by atoms with Gasteiger partial charge in [0.2, 0.25) is 11.8 Å². The van der Waals surface area contributed by atoms with Crippen LogP contribution in [-0.4, -0.2) is 23.1 Å². The Labute approximate surface area is 146 Å². The number of hydrazone groups is 1. The normalized spacial score (nSPS) is 10.6. The summed E-state index contributed by atoms with van der Waals surface area (Å²) in [5.41, 5.74) is 5.97. The maximum absolute atomic E-state index is 11.9. The van der Waals surface area contributed by atoms with Gasteiger partial charge in [-0.15, -0.1) is 0 Å².